The molecule has 1 amide bonds. The maximum Gasteiger partial charge on any atom is 0.239 e. The molecule has 0 spiro atoms. The summed E-state index contributed by atoms with van der Waals surface area (Å²) < 4.78 is 4.91. The number of nitrogens with one attached hydrogen (secondary N) is 2. The summed E-state index contributed by atoms with van der Waals surface area (Å²) in [5.41, 5.74) is 0. The molecule has 6 heteroatoms. The Balaban J connectivity index is 1.85. The molecule has 6 nitrogen and oxygen atoms in total. The molecule has 1 aromatic heterocycles. The maximum atomic E-state index is 11.9. The van der Waals surface area contributed by atoms with E-state index in [9.17, 15) is 4.79 Å². The molecule has 1 unspecified atom stereocenters. The Morgan fingerprint density at radius 2 is 2.56 bits per heavy atom. The van der Waals surface area contributed by atoms with Gasteiger partial charge >= 0.3 is 0 Å². The first-order valence-electron chi connectivity index (χ1n) is 6.37. The SMILES string of the molecule is CCN(CC(=O)Nc1cc(C)on1)C1CCNC1. The van der Waals surface area contributed by atoms with Crippen LogP contribution in [0, 0.1) is 6.92 Å². The lowest BCUT2D eigenvalue weighted by molar-refractivity contribution is -0.117. The summed E-state index contributed by atoms with van der Waals surface area (Å²) in [6.07, 6.45) is 1.10. The highest BCUT2D eigenvalue weighted by molar-refractivity contribution is 5.91. The molecular formula is C12H20N4O2. The molecule has 0 saturated carbocycles. The third-order valence-electron chi connectivity index (χ3n) is 3.20. The normalized spacial score (nSPS) is 19.4. The van der Waals surface area contributed by atoms with Crippen molar-refractivity contribution in [2.75, 3.05) is 31.5 Å². The molecule has 18 heavy (non-hydrogen) atoms. The topological polar surface area (TPSA) is 70.4 Å². The van der Waals surface area contributed by atoms with E-state index >= 15 is 0 Å². The molecule has 2 rings (SSSR count). The van der Waals surface area contributed by atoms with Gasteiger partial charge in [0.15, 0.2) is 5.82 Å². The van der Waals surface area contributed by atoms with E-state index in [4.69, 9.17) is 4.52 Å². The number of hydrogen-bond donors (Lipinski definition) is 2. The zero-order valence-electron chi connectivity index (χ0n) is 10.9. The van der Waals surface area contributed by atoms with Gasteiger partial charge in [0.2, 0.25) is 5.91 Å². The third-order valence-corrected chi connectivity index (χ3v) is 3.20. The van der Waals surface area contributed by atoms with E-state index in [-0.39, 0.29) is 5.91 Å². The highest BCUT2D eigenvalue weighted by Gasteiger charge is 2.22. The number of rotatable bonds is 5. The second-order valence-corrected chi connectivity index (χ2v) is 4.58. The lowest BCUT2D eigenvalue weighted by Crippen LogP contribution is -2.41. The molecule has 1 saturated heterocycles. The van der Waals surface area contributed by atoms with Gasteiger partial charge < -0.3 is 15.2 Å². The molecular weight excluding hydrogens is 232 g/mol. The van der Waals surface area contributed by atoms with Gasteiger partial charge in [0.25, 0.3) is 0 Å². The van der Waals surface area contributed by atoms with Gasteiger partial charge in [-0.2, -0.15) is 0 Å². The van der Waals surface area contributed by atoms with E-state index in [2.05, 4.69) is 27.6 Å². The van der Waals surface area contributed by atoms with Crippen LogP contribution in [0.1, 0.15) is 19.1 Å². The molecule has 0 bridgehead atoms. The lowest BCUT2D eigenvalue weighted by atomic mass is 10.2. The van der Waals surface area contributed by atoms with Gasteiger partial charge in [0, 0.05) is 18.7 Å². The van der Waals surface area contributed by atoms with Crippen molar-refractivity contribution in [2.24, 2.45) is 0 Å². The maximum absolute atomic E-state index is 11.9. The minimum absolute atomic E-state index is 0.0444. The molecule has 2 N–H and O–H groups in total. The van der Waals surface area contributed by atoms with Crippen LogP contribution in [-0.2, 0) is 4.79 Å². The van der Waals surface area contributed by atoms with Crippen LogP contribution in [0.5, 0.6) is 0 Å². The van der Waals surface area contributed by atoms with Gasteiger partial charge in [-0.05, 0) is 26.4 Å². The number of nitrogens with zero attached hydrogens (tertiary/aromatic N) is 2. The van der Waals surface area contributed by atoms with Crippen molar-refractivity contribution < 1.29 is 9.32 Å². The third kappa shape index (κ3) is 3.30. The van der Waals surface area contributed by atoms with Gasteiger partial charge in [-0.15, -0.1) is 0 Å². The van der Waals surface area contributed by atoms with Crippen molar-refractivity contribution in [3.8, 4) is 0 Å². The van der Waals surface area contributed by atoms with Crippen LogP contribution in [0.4, 0.5) is 5.82 Å². The van der Waals surface area contributed by atoms with Crippen molar-refractivity contribution in [3.63, 3.8) is 0 Å². The van der Waals surface area contributed by atoms with Gasteiger partial charge in [0.05, 0.1) is 6.54 Å². The van der Waals surface area contributed by atoms with Gasteiger partial charge in [-0.25, -0.2) is 0 Å². The Morgan fingerprint density at radius 1 is 1.72 bits per heavy atom. The standard InChI is InChI=1S/C12H20N4O2/c1-3-16(10-4-5-13-7-10)8-12(17)14-11-6-9(2)18-15-11/h6,10,13H,3-5,7-8H2,1-2H3,(H,14,15,17). The van der Waals surface area contributed by atoms with E-state index in [1.54, 1.807) is 13.0 Å². The molecule has 100 valence electrons. The number of aryl methyl sites for hydroxylation is 1. The van der Waals surface area contributed by atoms with Crippen LogP contribution in [0.25, 0.3) is 0 Å². The first kappa shape index (κ1) is 13.0. The first-order chi connectivity index (χ1) is 8.69. The van der Waals surface area contributed by atoms with Crippen molar-refractivity contribution in [1.29, 1.82) is 0 Å². The van der Waals surface area contributed by atoms with E-state index in [0.717, 1.165) is 26.1 Å². The predicted molar refractivity (Wildman–Crippen MR) is 68.4 cm³/mol. The Kier molecular flexibility index (Phi) is 4.33. The molecule has 1 aliphatic heterocycles. The smallest absolute Gasteiger partial charge is 0.239 e. The van der Waals surface area contributed by atoms with Crippen molar-refractivity contribution in [3.05, 3.63) is 11.8 Å². The Bertz CT molecular complexity index is 399. The summed E-state index contributed by atoms with van der Waals surface area (Å²) >= 11 is 0. The van der Waals surface area contributed by atoms with Crippen LogP contribution in [0.15, 0.2) is 10.6 Å². The molecule has 0 aromatic carbocycles. The molecule has 2 heterocycles. The monoisotopic (exact) mass is 252 g/mol. The Morgan fingerprint density at radius 3 is 3.11 bits per heavy atom. The van der Waals surface area contributed by atoms with Gasteiger partial charge in [-0.3, -0.25) is 9.69 Å². The second kappa shape index (κ2) is 5.97. The largest absolute Gasteiger partial charge is 0.360 e. The fourth-order valence-corrected chi connectivity index (χ4v) is 2.24. The minimum atomic E-state index is -0.0444. The summed E-state index contributed by atoms with van der Waals surface area (Å²) in [5.74, 6) is 1.13. The highest BCUT2D eigenvalue weighted by atomic mass is 16.5. The number of likely N-dealkylation sites (N-methyl/N-ethyl adjacent to an activating group) is 1. The molecule has 1 fully saturated rings. The zero-order valence-corrected chi connectivity index (χ0v) is 10.9. The summed E-state index contributed by atoms with van der Waals surface area (Å²) in [5, 5.41) is 9.81. The zero-order chi connectivity index (χ0) is 13.0. The van der Waals surface area contributed by atoms with Crippen LogP contribution >= 0.6 is 0 Å². The summed E-state index contributed by atoms with van der Waals surface area (Å²) in [7, 11) is 0. The first-order valence-corrected chi connectivity index (χ1v) is 6.37. The number of carbonyl (C=O) groups excluding carboxylic acids is 1. The van der Waals surface area contributed by atoms with E-state index in [0.29, 0.717) is 24.2 Å². The molecule has 1 atom stereocenters. The van der Waals surface area contributed by atoms with Crippen molar-refractivity contribution in [2.45, 2.75) is 26.3 Å². The average molecular weight is 252 g/mol. The van der Waals surface area contributed by atoms with E-state index < -0.39 is 0 Å². The average Bonchev–Trinajstić information content (AvgIpc) is 2.98. The van der Waals surface area contributed by atoms with E-state index in [1.165, 1.54) is 0 Å². The quantitative estimate of drug-likeness (QED) is 0.803. The minimum Gasteiger partial charge on any atom is -0.360 e. The molecule has 0 aliphatic carbocycles. The van der Waals surface area contributed by atoms with Crippen LogP contribution in [0.2, 0.25) is 0 Å². The number of aromatic nitrogens is 1. The number of hydrogen-bond acceptors (Lipinski definition) is 5. The number of amides is 1. The summed E-state index contributed by atoms with van der Waals surface area (Å²) in [4.78, 5) is 14.1. The molecule has 1 aromatic rings. The fourth-order valence-electron chi connectivity index (χ4n) is 2.24. The van der Waals surface area contributed by atoms with E-state index in [1.807, 2.05) is 0 Å². The van der Waals surface area contributed by atoms with Crippen LogP contribution in [-0.4, -0.2) is 48.2 Å². The molecule has 1 aliphatic rings. The molecule has 0 radical (unpaired) electrons. The van der Waals surface area contributed by atoms with Crippen molar-refractivity contribution >= 4 is 11.7 Å². The Labute approximate surface area is 107 Å². The van der Waals surface area contributed by atoms with Crippen LogP contribution < -0.4 is 10.6 Å². The summed E-state index contributed by atoms with van der Waals surface area (Å²) in [6.45, 7) is 7.14. The lowest BCUT2D eigenvalue weighted by Gasteiger charge is -2.25. The summed E-state index contributed by atoms with van der Waals surface area (Å²) in [6, 6.07) is 2.17. The van der Waals surface area contributed by atoms with Crippen LogP contribution in [0.3, 0.4) is 0 Å². The van der Waals surface area contributed by atoms with Crippen molar-refractivity contribution in [1.82, 2.24) is 15.4 Å². The van der Waals surface area contributed by atoms with Gasteiger partial charge in [0.1, 0.15) is 5.76 Å². The van der Waals surface area contributed by atoms with Gasteiger partial charge in [-0.1, -0.05) is 12.1 Å². The fraction of sp³-hybridized carbons (Fsp3) is 0.667. The second-order valence-electron chi connectivity index (χ2n) is 4.58. The predicted octanol–water partition coefficient (Wildman–Crippen LogP) is 0.605. The number of carbonyl (C=O) groups is 1. The Hall–Kier alpha value is -1.40. The number of anilines is 1. The highest BCUT2D eigenvalue weighted by Crippen LogP contribution is 2.10.